The molecule has 0 saturated heterocycles. The zero-order valence-corrected chi connectivity index (χ0v) is 18.8. The predicted molar refractivity (Wildman–Crippen MR) is 118 cm³/mol. The second-order valence-electron chi connectivity index (χ2n) is 6.73. The van der Waals surface area contributed by atoms with Crippen LogP contribution in [0.15, 0.2) is 42.5 Å². The summed E-state index contributed by atoms with van der Waals surface area (Å²) in [5, 5.41) is 11.5. The minimum absolute atomic E-state index is 0.00680. The Hall–Kier alpha value is -3.12. The van der Waals surface area contributed by atoms with Crippen LogP contribution in [0.2, 0.25) is 0 Å². The third kappa shape index (κ3) is 5.98. The molecule has 0 bridgehead atoms. The molecule has 1 N–H and O–H groups in total. The molecule has 0 atom stereocenters. The molecule has 1 amide bonds. The van der Waals surface area contributed by atoms with Crippen molar-refractivity contribution in [3.05, 3.63) is 54.1 Å². The third-order valence-electron chi connectivity index (χ3n) is 4.36. The van der Waals surface area contributed by atoms with E-state index in [9.17, 15) is 22.0 Å². The quantitative estimate of drug-likeness (QED) is 0.499. The maximum atomic E-state index is 13.5. The molecule has 1 aromatic heterocycles. The highest BCUT2D eigenvalue weighted by atomic mass is 32.2. The van der Waals surface area contributed by atoms with Crippen LogP contribution in [0.4, 0.5) is 19.6 Å². The standard InChI is InChI=1S/C20H20F2N4O4S2/c1-30-15-8-5-13(6-9-15)19-24-25-20(31-19)23-18(27)4-3-11-26(32(2,28)29)14-7-10-16(21)17(22)12-14/h5-10,12H,3-4,11H2,1-2H3,(H,23,25,27). The Morgan fingerprint density at radius 2 is 1.84 bits per heavy atom. The van der Waals surface area contributed by atoms with Gasteiger partial charge in [-0.2, -0.15) is 0 Å². The topological polar surface area (TPSA) is 101 Å². The largest absolute Gasteiger partial charge is 0.497 e. The van der Waals surface area contributed by atoms with E-state index < -0.39 is 21.7 Å². The van der Waals surface area contributed by atoms with Crippen molar-refractivity contribution in [3.8, 4) is 16.3 Å². The number of halogens is 2. The van der Waals surface area contributed by atoms with Gasteiger partial charge in [0.25, 0.3) is 0 Å². The van der Waals surface area contributed by atoms with E-state index in [-0.39, 0.29) is 31.0 Å². The number of sulfonamides is 1. The number of anilines is 2. The summed E-state index contributed by atoms with van der Waals surface area (Å²) in [7, 11) is -2.18. The summed E-state index contributed by atoms with van der Waals surface area (Å²) in [5.41, 5.74) is 0.805. The Bertz CT molecular complexity index is 1200. The van der Waals surface area contributed by atoms with E-state index in [0.717, 1.165) is 28.3 Å². The fourth-order valence-electron chi connectivity index (χ4n) is 2.82. The SMILES string of the molecule is COc1ccc(-c2nnc(NC(=O)CCCN(c3ccc(F)c(F)c3)S(C)(=O)=O)s2)cc1. The number of hydrogen-bond acceptors (Lipinski definition) is 7. The second-order valence-corrected chi connectivity index (χ2v) is 9.61. The van der Waals surface area contributed by atoms with Crippen molar-refractivity contribution in [1.82, 2.24) is 10.2 Å². The number of benzene rings is 2. The van der Waals surface area contributed by atoms with E-state index in [0.29, 0.717) is 15.9 Å². The molecular weight excluding hydrogens is 462 g/mol. The fourth-order valence-corrected chi connectivity index (χ4v) is 4.54. The summed E-state index contributed by atoms with van der Waals surface area (Å²) in [4.78, 5) is 12.2. The molecule has 0 aliphatic rings. The zero-order valence-electron chi connectivity index (χ0n) is 17.2. The molecule has 3 rings (SSSR count). The number of ether oxygens (including phenoxy) is 1. The lowest BCUT2D eigenvalue weighted by molar-refractivity contribution is -0.116. The van der Waals surface area contributed by atoms with Crippen molar-refractivity contribution in [2.45, 2.75) is 12.8 Å². The molecule has 8 nitrogen and oxygen atoms in total. The number of nitrogens with one attached hydrogen (secondary N) is 1. The minimum Gasteiger partial charge on any atom is -0.497 e. The van der Waals surface area contributed by atoms with Crippen LogP contribution in [-0.2, 0) is 14.8 Å². The van der Waals surface area contributed by atoms with Crippen LogP contribution in [0.5, 0.6) is 5.75 Å². The van der Waals surface area contributed by atoms with Gasteiger partial charge in [0.2, 0.25) is 21.1 Å². The molecule has 0 unspecified atom stereocenters. The number of carbonyl (C=O) groups excluding carboxylic acids is 1. The van der Waals surface area contributed by atoms with Gasteiger partial charge in [-0.1, -0.05) is 11.3 Å². The monoisotopic (exact) mass is 482 g/mol. The van der Waals surface area contributed by atoms with Gasteiger partial charge in [-0.25, -0.2) is 17.2 Å². The highest BCUT2D eigenvalue weighted by Crippen LogP contribution is 2.28. The summed E-state index contributed by atoms with van der Waals surface area (Å²) >= 11 is 1.19. The van der Waals surface area contributed by atoms with Gasteiger partial charge in [0, 0.05) is 24.6 Å². The molecule has 170 valence electrons. The number of rotatable bonds is 9. The minimum atomic E-state index is -3.75. The van der Waals surface area contributed by atoms with E-state index in [4.69, 9.17) is 4.74 Å². The van der Waals surface area contributed by atoms with Crippen molar-refractivity contribution in [2.24, 2.45) is 0 Å². The first kappa shape index (κ1) is 23.5. The third-order valence-corrected chi connectivity index (χ3v) is 6.45. The number of aromatic nitrogens is 2. The van der Waals surface area contributed by atoms with E-state index >= 15 is 0 Å². The number of hydrogen-bond donors (Lipinski definition) is 1. The molecule has 32 heavy (non-hydrogen) atoms. The summed E-state index contributed by atoms with van der Waals surface area (Å²) in [5.74, 6) is -1.90. The van der Waals surface area contributed by atoms with Gasteiger partial charge in [-0.3, -0.25) is 9.10 Å². The summed E-state index contributed by atoms with van der Waals surface area (Å²) in [6.45, 7) is -0.0788. The van der Waals surface area contributed by atoms with Crippen molar-refractivity contribution in [3.63, 3.8) is 0 Å². The molecule has 0 saturated carbocycles. The van der Waals surface area contributed by atoms with Gasteiger partial charge in [-0.05, 0) is 42.8 Å². The summed E-state index contributed by atoms with van der Waals surface area (Å²) in [6.07, 6.45) is 1.10. The molecular formula is C20H20F2N4O4S2. The van der Waals surface area contributed by atoms with Gasteiger partial charge in [0.15, 0.2) is 11.6 Å². The van der Waals surface area contributed by atoms with E-state index in [1.807, 2.05) is 12.1 Å². The van der Waals surface area contributed by atoms with E-state index in [2.05, 4.69) is 15.5 Å². The molecule has 0 aliphatic carbocycles. The smallest absolute Gasteiger partial charge is 0.232 e. The molecule has 3 aromatic rings. The van der Waals surface area contributed by atoms with Crippen molar-refractivity contribution < 1.29 is 26.7 Å². The normalized spacial score (nSPS) is 11.2. The Morgan fingerprint density at radius 1 is 1.12 bits per heavy atom. The van der Waals surface area contributed by atoms with Crippen molar-refractivity contribution in [1.29, 1.82) is 0 Å². The van der Waals surface area contributed by atoms with E-state index in [1.54, 1.807) is 19.2 Å². The van der Waals surface area contributed by atoms with Crippen LogP contribution in [0.3, 0.4) is 0 Å². The molecule has 1 heterocycles. The maximum absolute atomic E-state index is 13.5. The Labute approximate surface area is 187 Å². The van der Waals surface area contributed by atoms with Gasteiger partial charge in [0.1, 0.15) is 10.8 Å². The number of amides is 1. The first-order chi connectivity index (χ1) is 15.2. The summed E-state index contributed by atoms with van der Waals surface area (Å²) in [6, 6.07) is 10.0. The van der Waals surface area contributed by atoms with Crippen LogP contribution in [0.25, 0.3) is 10.6 Å². The molecule has 0 spiro atoms. The summed E-state index contributed by atoms with van der Waals surface area (Å²) < 4.78 is 56.8. The Balaban J connectivity index is 1.58. The first-order valence-electron chi connectivity index (χ1n) is 9.38. The van der Waals surface area contributed by atoms with Gasteiger partial charge in [0.05, 0.1) is 19.1 Å². The van der Waals surface area contributed by atoms with Crippen LogP contribution in [0, 0.1) is 11.6 Å². The zero-order chi connectivity index (χ0) is 23.3. The Morgan fingerprint density at radius 3 is 2.47 bits per heavy atom. The van der Waals surface area contributed by atoms with E-state index in [1.165, 1.54) is 17.4 Å². The average molecular weight is 483 g/mol. The molecule has 12 heteroatoms. The lowest BCUT2D eigenvalue weighted by Crippen LogP contribution is -2.31. The maximum Gasteiger partial charge on any atom is 0.232 e. The molecule has 0 fully saturated rings. The highest BCUT2D eigenvalue weighted by molar-refractivity contribution is 7.92. The number of nitrogens with zero attached hydrogens (tertiary/aromatic N) is 3. The molecule has 0 radical (unpaired) electrons. The number of carbonyl (C=O) groups is 1. The van der Waals surface area contributed by atoms with Crippen molar-refractivity contribution in [2.75, 3.05) is 29.5 Å². The van der Waals surface area contributed by atoms with Crippen molar-refractivity contribution >= 4 is 38.1 Å². The fraction of sp³-hybridized carbons (Fsp3) is 0.250. The number of methoxy groups -OCH3 is 1. The first-order valence-corrected chi connectivity index (χ1v) is 12.0. The lowest BCUT2D eigenvalue weighted by atomic mass is 10.2. The second kappa shape index (κ2) is 10.0. The lowest BCUT2D eigenvalue weighted by Gasteiger charge is -2.22. The van der Waals surface area contributed by atoms with Gasteiger partial charge in [-0.15, -0.1) is 10.2 Å². The predicted octanol–water partition coefficient (Wildman–Crippen LogP) is 3.68. The Kier molecular flexibility index (Phi) is 7.36. The molecule has 2 aromatic carbocycles. The molecule has 0 aliphatic heterocycles. The highest BCUT2D eigenvalue weighted by Gasteiger charge is 2.19. The van der Waals surface area contributed by atoms with Crippen LogP contribution in [-0.4, -0.2) is 44.4 Å². The van der Waals surface area contributed by atoms with Gasteiger partial charge >= 0.3 is 0 Å². The van der Waals surface area contributed by atoms with Crippen LogP contribution < -0.4 is 14.4 Å². The van der Waals surface area contributed by atoms with Crippen LogP contribution >= 0.6 is 11.3 Å². The average Bonchev–Trinajstić information content (AvgIpc) is 3.21. The van der Waals surface area contributed by atoms with Crippen LogP contribution in [0.1, 0.15) is 12.8 Å². The van der Waals surface area contributed by atoms with Gasteiger partial charge < -0.3 is 10.1 Å².